The van der Waals surface area contributed by atoms with Crippen molar-refractivity contribution in [2.75, 3.05) is 0 Å². The number of carbonyl (C=O) groups excluding carboxylic acids is 1. The number of benzene rings is 1. The second kappa shape index (κ2) is 7.88. The summed E-state index contributed by atoms with van der Waals surface area (Å²) in [5.74, 6) is -0.0677. The van der Waals surface area contributed by atoms with Crippen LogP contribution >= 0.6 is 0 Å². The highest BCUT2D eigenvalue weighted by Crippen LogP contribution is 2.12. The molecule has 94 valence electrons. The Balaban J connectivity index is 2.51. The Kier molecular flexibility index (Phi) is 6.38. The first kappa shape index (κ1) is 13.8. The van der Waals surface area contributed by atoms with Crippen molar-refractivity contribution >= 4 is 5.97 Å². The molecule has 17 heavy (non-hydrogen) atoms. The van der Waals surface area contributed by atoms with Gasteiger partial charge >= 0.3 is 5.97 Å². The molecule has 0 aliphatic heterocycles. The molecule has 2 heteroatoms. The maximum absolute atomic E-state index is 11.5. The van der Waals surface area contributed by atoms with Gasteiger partial charge < -0.3 is 4.74 Å². The van der Waals surface area contributed by atoms with Gasteiger partial charge in [-0.3, -0.25) is 4.79 Å². The zero-order chi connectivity index (χ0) is 12.5. The van der Waals surface area contributed by atoms with Crippen molar-refractivity contribution in [2.24, 2.45) is 0 Å². The van der Waals surface area contributed by atoms with E-state index in [0.29, 0.717) is 6.42 Å². The molecule has 0 amide bonds. The van der Waals surface area contributed by atoms with Crippen LogP contribution in [0.2, 0.25) is 0 Å². The predicted octanol–water partition coefficient (Wildman–Crippen LogP) is 3.74. The first-order valence-electron chi connectivity index (χ1n) is 6.49. The number of carbonyl (C=O) groups is 1. The van der Waals surface area contributed by atoms with E-state index in [9.17, 15) is 4.79 Å². The molecule has 0 N–H and O–H groups in total. The van der Waals surface area contributed by atoms with E-state index >= 15 is 0 Å². The molecule has 0 aromatic heterocycles. The topological polar surface area (TPSA) is 26.3 Å². The molecule has 0 saturated carbocycles. The van der Waals surface area contributed by atoms with Crippen molar-refractivity contribution in [2.45, 2.75) is 52.1 Å². The Morgan fingerprint density at radius 1 is 1.18 bits per heavy atom. The van der Waals surface area contributed by atoms with E-state index in [1.807, 2.05) is 25.1 Å². The van der Waals surface area contributed by atoms with Crippen LogP contribution in [0.3, 0.4) is 0 Å². The molecule has 0 heterocycles. The van der Waals surface area contributed by atoms with Crippen LogP contribution in [0.25, 0.3) is 0 Å². The van der Waals surface area contributed by atoms with Gasteiger partial charge in [0, 0.05) is 12.8 Å². The van der Waals surface area contributed by atoms with Gasteiger partial charge in [-0.2, -0.15) is 0 Å². The average molecular weight is 234 g/mol. The minimum atomic E-state index is -0.0677. The molecule has 0 aliphatic carbocycles. The third-order valence-electron chi connectivity index (χ3n) is 2.67. The fourth-order valence-electron chi connectivity index (χ4n) is 1.85. The van der Waals surface area contributed by atoms with E-state index < -0.39 is 0 Å². The molecule has 2 nitrogen and oxygen atoms in total. The lowest BCUT2D eigenvalue weighted by atomic mass is 10.0. The molecule has 1 atom stereocenters. The Labute approximate surface area is 104 Å². The predicted molar refractivity (Wildman–Crippen MR) is 69.8 cm³/mol. The molecule has 0 fully saturated rings. The number of rotatable bonds is 7. The highest BCUT2D eigenvalue weighted by atomic mass is 16.5. The number of ether oxygens (including phenoxy) is 1. The molecule has 0 bridgehead atoms. The third-order valence-corrected chi connectivity index (χ3v) is 2.67. The van der Waals surface area contributed by atoms with E-state index in [0.717, 1.165) is 25.7 Å². The first-order chi connectivity index (χ1) is 8.26. The van der Waals surface area contributed by atoms with Gasteiger partial charge in [0.1, 0.15) is 6.10 Å². The number of hydrogen-bond acceptors (Lipinski definition) is 2. The summed E-state index contributed by atoms with van der Waals surface area (Å²) < 4.78 is 5.50. The summed E-state index contributed by atoms with van der Waals surface area (Å²) in [6, 6.07) is 10.2. The van der Waals surface area contributed by atoms with E-state index in [1.54, 1.807) is 0 Å². The normalized spacial score (nSPS) is 12.1. The van der Waals surface area contributed by atoms with Crippen molar-refractivity contribution in [3.8, 4) is 0 Å². The SMILES string of the molecule is CCCC(=O)OC(CCC)Cc1ccccc1. The van der Waals surface area contributed by atoms with Crippen LogP contribution < -0.4 is 0 Å². The van der Waals surface area contributed by atoms with Crippen LogP contribution in [0.4, 0.5) is 0 Å². The van der Waals surface area contributed by atoms with Gasteiger partial charge in [0.2, 0.25) is 0 Å². The van der Waals surface area contributed by atoms with Gasteiger partial charge in [0.05, 0.1) is 0 Å². The first-order valence-corrected chi connectivity index (χ1v) is 6.49. The quantitative estimate of drug-likeness (QED) is 0.672. The zero-order valence-corrected chi connectivity index (χ0v) is 10.8. The summed E-state index contributed by atoms with van der Waals surface area (Å²) >= 11 is 0. The Morgan fingerprint density at radius 2 is 1.88 bits per heavy atom. The largest absolute Gasteiger partial charge is 0.462 e. The van der Waals surface area contributed by atoms with Crippen molar-refractivity contribution in [1.29, 1.82) is 0 Å². The molecule has 0 saturated heterocycles. The van der Waals surface area contributed by atoms with Crippen molar-refractivity contribution in [1.82, 2.24) is 0 Å². The van der Waals surface area contributed by atoms with Crippen LogP contribution in [0.1, 0.15) is 45.1 Å². The third kappa shape index (κ3) is 5.53. The standard InChI is InChI=1S/C15H22O2/c1-3-8-14(17-15(16)9-4-2)12-13-10-6-5-7-11-13/h5-7,10-11,14H,3-4,8-9,12H2,1-2H3. The van der Waals surface area contributed by atoms with E-state index in [4.69, 9.17) is 4.74 Å². The Hall–Kier alpha value is -1.31. The van der Waals surface area contributed by atoms with Gasteiger partial charge in [-0.15, -0.1) is 0 Å². The van der Waals surface area contributed by atoms with Crippen LogP contribution in [0.5, 0.6) is 0 Å². The van der Waals surface area contributed by atoms with Crippen LogP contribution in [0.15, 0.2) is 30.3 Å². The van der Waals surface area contributed by atoms with Crippen molar-refractivity contribution in [3.05, 3.63) is 35.9 Å². The van der Waals surface area contributed by atoms with E-state index in [-0.39, 0.29) is 12.1 Å². The fourth-order valence-corrected chi connectivity index (χ4v) is 1.85. The zero-order valence-electron chi connectivity index (χ0n) is 10.8. The second-order valence-electron chi connectivity index (χ2n) is 4.34. The monoisotopic (exact) mass is 234 g/mol. The smallest absolute Gasteiger partial charge is 0.306 e. The summed E-state index contributed by atoms with van der Waals surface area (Å²) in [6.45, 7) is 4.11. The molecule has 1 aromatic carbocycles. The number of hydrogen-bond donors (Lipinski definition) is 0. The van der Waals surface area contributed by atoms with Crippen LogP contribution in [-0.2, 0) is 16.0 Å². The average Bonchev–Trinajstić information content (AvgIpc) is 2.31. The lowest BCUT2D eigenvalue weighted by Crippen LogP contribution is -2.20. The second-order valence-corrected chi connectivity index (χ2v) is 4.34. The molecule has 0 aliphatic rings. The molecule has 1 rings (SSSR count). The summed E-state index contributed by atoms with van der Waals surface area (Å²) in [5, 5.41) is 0. The molecule has 0 spiro atoms. The summed E-state index contributed by atoms with van der Waals surface area (Å²) in [7, 11) is 0. The lowest BCUT2D eigenvalue weighted by molar-refractivity contribution is -0.149. The highest BCUT2D eigenvalue weighted by molar-refractivity contribution is 5.69. The van der Waals surface area contributed by atoms with Gasteiger partial charge in [0.25, 0.3) is 0 Å². The Morgan fingerprint density at radius 3 is 2.47 bits per heavy atom. The Bertz CT molecular complexity index is 319. The van der Waals surface area contributed by atoms with Gasteiger partial charge in [-0.05, 0) is 18.4 Å². The molecule has 0 radical (unpaired) electrons. The lowest BCUT2D eigenvalue weighted by Gasteiger charge is -2.17. The van der Waals surface area contributed by atoms with Gasteiger partial charge in [-0.1, -0.05) is 50.6 Å². The number of esters is 1. The summed E-state index contributed by atoms with van der Waals surface area (Å²) in [6.07, 6.45) is 4.20. The minimum absolute atomic E-state index is 0.0291. The van der Waals surface area contributed by atoms with Crippen molar-refractivity contribution < 1.29 is 9.53 Å². The molecule has 1 aromatic rings. The maximum Gasteiger partial charge on any atom is 0.306 e. The highest BCUT2D eigenvalue weighted by Gasteiger charge is 2.13. The van der Waals surface area contributed by atoms with E-state index in [1.165, 1.54) is 5.56 Å². The van der Waals surface area contributed by atoms with Gasteiger partial charge in [0.15, 0.2) is 0 Å². The summed E-state index contributed by atoms with van der Waals surface area (Å²) in [4.78, 5) is 11.5. The van der Waals surface area contributed by atoms with Crippen molar-refractivity contribution in [3.63, 3.8) is 0 Å². The molecular weight excluding hydrogens is 212 g/mol. The maximum atomic E-state index is 11.5. The fraction of sp³-hybridized carbons (Fsp3) is 0.533. The van der Waals surface area contributed by atoms with E-state index in [2.05, 4.69) is 19.1 Å². The van der Waals surface area contributed by atoms with Crippen LogP contribution in [0, 0.1) is 0 Å². The molecular formula is C15H22O2. The van der Waals surface area contributed by atoms with Crippen LogP contribution in [-0.4, -0.2) is 12.1 Å². The summed E-state index contributed by atoms with van der Waals surface area (Å²) in [5.41, 5.74) is 1.23. The molecule has 1 unspecified atom stereocenters. The van der Waals surface area contributed by atoms with Gasteiger partial charge in [-0.25, -0.2) is 0 Å². The minimum Gasteiger partial charge on any atom is -0.462 e.